The third-order valence-electron chi connectivity index (χ3n) is 4.63. The zero-order chi connectivity index (χ0) is 17.7. The van der Waals surface area contributed by atoms with E-state index in [2.05, 4.69) is 0 Å². The largest absolute Gasteiger partial charge is 0.382 e. The Hall–Kier alpha value is -1.95. The van der Waals surface area contributed by atoms with E-state index < -0.39 is 11.4 Å². The van der Waals surface area contributed by atoms with Gasteiger partial charge in [0.1, 0.15) is 11.4 Å². The van der Waals surface area contributed by atoms with Gasteiger partial charge in [-0.05, 0) is 42.9 Å². The van der Waals surface area contributed by atoms with Crippen LogP contribution in [-0.2, 0) is 20.7 Å². The molecule has 2 rings (SSSR count). The quantitative estimate of drug-likeness (QED) is 0.826. The van der Waals surface area contributed by atoms with Crippen molar-refractivity contribution in [1.29, 1.82) is 0 Å². The molecule has 6 heteroatoms. The average Bonchev–Trinajstić information content (AvgIpc) is 2.92. The van der Waals surface area contributed by atoms with Crippen molar-refractivity contribution < 1.29 is 18.7 Å². The number of benzene rings is 1. The molecule has 0 radical (unpaired) electrons. The molecule has 1 fully saturated rings. The fourth-order valence-corrected chi connectivity index (χ4v) is 3.50. The molecule has 2 unspecified atom stereocenters. The summed E-state index contributed by atoms with van der Waals surface area (Å²) in [6.45, 7) is 2.57. The molecule has 1 aliphatic rings. The van der Waals surface area contributed by atoms with Gasteiger partial charge in [-0.1, -0.05) is 19.1 Å². The van der Waals surface area contributed by atoms with Crippen molar-refractivity contribution in [3.63, 3.8) is 0 Å². The fraction of sp³-hybridized carbons (Fsp3) is 0.556. The molecule has 0 bridgehead atoms. The van der Waals surface area contributed by atoms with Crippen molar-refractivity contribution in [1.82, 2.24) is 4.90 Å². The Morgan fingerprint density at radius 1 is 1.46 bits per heavy atom. The lowest BCUT2D eigenvalue weighted by molar-refractivity contribution is -0.147. The number of likely N-dealkylation sites (tertiary alicyclic amines) is 1. The lowest BCUT2D eigenvalue weighted by Gasteiger charge is -2.35. The monoisotopic (exact) mass is 336 g/mol. The lowest BCUT2D eigenvalue weighted by Crippen LogP contribution is -2.59. The van der Waals surface area contributed by atoms with Crippen LogP contribution in [0.1, 0.15) is 31.7 Å². The van der Waals surface area contributed by atoms with Gasteiger partial charge in [0.25, 0.3) is 0 Å². The number of primary amides is 1. The summed E-state index contributed by atoms with van der Waals surface area (Å²) in [6.07, 6.45) is 2.15. The SMILES string of the molecule is COCC1(C(N)=O)CCCN1C(=O)CC(C)Cc1cccc(F)c1. The van der Waals surface area contributed by atoms with Gasteiger partial charge in [-0.3, -0.25) is 9.59 Å². The van der Waals surface area contributed by atoms with Crippen LogP contribution < -0.4 is 5.73 Å². The topological polar surface area (TPSA) is 72.6 Å². The second-order valence-electron chi connectivity index (χ2n) is 6.62. The number of nitrogens with zero attached hydrogens (tertiary/aromatic N) is 1. The van der Waals surface area contributed by atoms with Crippen LogP contribution in [0.15, 0.2) is 24.3 Å². The standard InChI is InChI=1S/C18H25FN2O3/c1-13(9-14-5-3-6-15(19)11-14)10-16(22)21-8-4-7-18(21,12-24-2)17(20)23/h3,5-6,11,13H,4,7-10,12H2,1-2H3,(H2,20,23). The Labute approximate surface area is 142 Å². The molecule has 2 amide bonds. The molecule has 2 atom stereocenters. The van der Waals surface area contributed by atoms with E-state index in [1.54, 1.807) is 11.0 Å². The van der Waals surface area contributed by atoms with Crippen LogP contribution in [0.4, 0.5) is 4.39 Å². The van der Waals surface area contributed by atoms with E-state index in [-0.39, 0.29) is 30.7 Å². The van der Waals surface area contributed by atoms with E-state index in [9.17, 15) is 14.0 Å². The van der Waals surface area contributed by atoms with Gasteiger partial charge >= 0.3 is 0 Å². The first-order valence-electron chi connectivity index (χ1n) is 8.23. The first-order chi connectivity index (χ1) is 11.4. The Morgan fingerprint density at radius 2 is 2.21 bits per heavy atom. The molecule has 0 saturated carbocycles. The fourth-order valence-electron chi connectivity index (χ4n) is 3.50. The van der Waals surface area contributed by atoms with E-state index in [1.807, 2.05) is 13.0 Å². The van der Waals surface area contributed by atoms with Crippen LogP contribution in [0.3, 0.4) is 0 Å². The Morgan fingerprint density at radius 3 is 2.83 bits per heavy atom. The van der Waals surface area contributed by atoms with Crippen LogP contribution >= 0.6 is 0 Å². The van der Waals surface area contributed by atoms with E-state index >= 15 is 0 Å². The normalized spacial score (nSPS) is 21.7. The minimum Gasteiger partial charge on any atom is -0.382 e. The number of carbonyl (C=O) groups is 2. The summed E-state index contributed by atoms with van der Waals surface area (Å²) in [4.78, 5) is 26.2. The molecule has 1 heterocycles. The molecule has 0 aliphatic carbocycles. The molecule has 24 heavy (non-hydrogen) atoms. The maximum Gasteiger partial charge on any atom is 0.245 e. The molecule has 5 nitrogen and oxygen atoms in total. The van der Waals surface area contributed by atoms with Gasteiger partial charge in [0, 0.05) is 20.1 Å². The molecule has 1 saturated heterocycles. The summed E-state index contributed by atoms with van der Waals surface area (Å²) in [5, 5.41) is 0. The molecule has 1 aromatic carbocycles. The van der Waals surface area contributed by atoms with E-state index in [0.717, 1.165) is 12.0 Å². The Kier molecular flexibility index (Phi) is 5.94. The molecule has 0 spiro atoms. The van der Waals surface area contributed by atoms with Gasteiger partial charge in [0.05, 0.1) is 6.61 Å². The second kappa shape index (κ2) is 7.75. The molecule has 1 aromatic rings. The summed E-state index contributed by atoms with van der Waals surface area (Å²) >= 11 is 0. The third kappa shape index (κ3) is 3.93. The number of ether oxygens (including phenoxy) is 1. The predicted octanol–water partition coefficient (Wildman–Crippen LogP) is 1.89. The van der Waals surface area contributed by atoms with E-state index in [0.29, 0.717) is 19.4 Å². The summed E-state index contributed by atoms with van der Waals surface area (Å²) in [7, 11) is 1.50. The first-order valence-corrected chi connectivity index (χ1v) is 8.23. The Balaban J connectivity index is 2.03. The minimum atomic E-state index is -1.04. The molecular formula is C18H25FN2O3. The molecule has 132 valence electrons. The molecule has 2 N–H and O–H groups in total. The number of hydrogen-bond donors (Lipinski definition) is 1. The van der Waals surface area contributed by atoms with Gasteiger partial charge in [-0.25, -0.2) is 4.39 Å². The maximum absolute atomic E-state index is 13.3. The number of rotatable bonds is 7. The third-order valence-corrected chi connectivity index (χ3v) is 4.63. The van der Waals surface area contributed by atoms with Gasteiger partial charge in [0.15, 0.2) is 0 Å². The zero-order valence-corrected chi connectivity index (χ0v) is 14.3. The number of hydrogen-bond acceptors (Lipinski definition) is 3. The van der Waals surface area contributed by atoms with E-state index in [4.69, 9.17) is 10.5 Å². The number of halogens is 1. The number of carbonyl (C=O) groups excluding carboxylic acids is 2. The highest BCUT2D eigenvalue weighted by Crippen LogP contribution is 2.31. The van der Waals surface area contributed by atoms with Crippen molar-refractivity contribution in [2.24, 2.45) is 11.7 Å². The highest BCUT2D eigenvalue weighted by atomic mass is 19.1. The molecule has 1 aliphatic heterocycles. The summed E-state index contributed by atoms with van der Waals surface area (Å²) in [6, 6.07) is 6.39. The van der Waals surface area contributed by atoms with Crippen LogP contribution in [0.5, 0.6) is 0 Å². The van der Waals surface area contributed by atoms with E-state index in [1.165, 1.54) is 19.2 Å². The average molecular weight is 336 g/mol. The second-order valence-corrected chi connectivity index (χ2v) is 6.62. The van der Waals surface area contributed by atoms with Gasteiger partial charge in [-0.2, -0.15) is 0 Å². The van der Waals surface area contributed by atoms with Crippen LogP contribution in [-0.4, -0.2) is 42.5 Å². The van der Waals surface area contributed by atoms with Gasteiger partial charge in [0.2, 0.25) is 11.8 Å². The summed E-state index contributed by atoms with van der Waals surface area (Å²) in [5.74, 6) is -0.869. The number of methoxy groups -OCH3 is 1. The van der Waals surface area contributed by atoms with Crippen molar-refractivity contribution in [3.8, 4) is 0 Å². The molecular weight excluding hydrogens is 311 g/mol. The summed E-state index contributed by atoms with van der Waals surface area (Å²) in [5.41, 5.74) is 5.38. The van der Waals surface area contributed by atoms with Crippen LogP contribution in [0.25, 0.3) is 0 Å². The highest BCUT2D eigenvalue weighted by Gasteiger charge is 2.48. The van der Waals surface area contributed by atoms with Crippen molar-refractivity contribution in [3.05, 3.63) is 35.6 Å². The smallest absolute Gasteiger partial charge is 0.245 e. The first kappa shape index (κ1) is 18.4. The zero-order valence-electron chi connectivity index (χ0n) is 14.3. The number of amides is 2. The van der Waals surface area contributed by atoms with Crippen molar-refractivity contribution >= 4 is 11.8 Å². The van der Waals surface area contributed by atoms with Crippen LogP contribution in [0.2, 0.25) is 0 Å². The van der Waals surface area contributed by atoms with Gasteiger partial charge in [-0.15, -0.1) is 0 Å². The van der Waals surface area contributed by atoms with Gasteiger partial charge < -0.3 is 15.4 Å². The van der Waals surface area contributed by atoms with Crippen molar-refractivity contribution in [2.75, 3.05) is 20.3 Å². The number of nitrogens with two attached hydrogens (primary N) is 1. The Bertz CT molecular complexity index is 608. The maximum atomic E-state index is 13.3. The van der Waals surface area contributed by atoms with Crippen LogP contribution in [0, 0.1) is 11.7 Å². The summed E-state index contributed by atoms with van der Waals surface area (Å²) < 4.78 is 18.4. The van der Waals surface area contributed by atoms with Crippen molar-refractivity contribution in [2.45, 2.75) is 38.1 Å². The molecule has 0 aromatic heterocycles. The lowest BCUT2D eigenvalue weighted by atomic mass is 9.93. The predicted molar refractivity (Wildman–Crippen MR) is 88.6 cm³/mol. The highest BCUT2D eigenvalue weighted by molar-refractivity contribution is 5.91. The minimum absolute atomic E-state index is 0.0352.